The van der Waals surface area contributed by atoms with Crippen molar-refractivity contribution in [2.24, 2.45) is 0 Å². The van der Waals surface area contributed by atoms with E-state index < -0.39 is 0 Å². The number of nitro groups is 1. The molecule has 0 aliphatic carbocycles. The van der Waals surface area contributed by atoms with Gasteiger partial charge in [-0.1, -0.05) is 50.6 Å². The molecule has 0 aliphatic rings. The van der Waals surface area contributed by atoms with Gasteiger partial charge in [-0.3, -0.25) is 10.1 Å². The Morgan fingerprint density at radius 2 is 1.70 bits per heavy atom. The summed E-state index contributed by atoms with van der Waals surface area (Å²) in [6, 6.07) is 12.8. The maximum absolute atomic E-state index is 10.8. The van der Waals surface area contributed by atoms with Crippen LogP contribution in [0.1, 0.15) is 48.2 Å². The maximum Gasteiger partial charge on any atom is 0.270 e. The monoisotopic (exact) mass is 362 g/mol. The quantitative estimate of drug-likeness (QED) is 0.387. The second kappa shape index (κ2) is 9.08. The van der Waals surface area contributed by atoms with E-state index in [0.717, 1.165) is 22.2 Å². The lowest BCUT2D eigenvalue weighted by Gasteiger charge is -2.09. The van der Waals surface area contributed by atoms with E-state index in [9.17, 15) is 10.1 Å². The third-order valence-electron chi connectivity index (χ3n) is 4.25. The highest BCUT2D eigenvalue weighted by atomic mass is 16.6. The second-order valence-corrected chi connectivity index (χ2v) is 6.66. The average molecular weight is 362 g/mol. The van der Waals surface area contributed by atoms with E-state index in [2.05, 4.69) is 46.8 Å². The number of benzene rings is 2. The molecule has 4 nitrogen and oxygen atoms in total. The normalized spacial score (nSPS) is 10.7. The largest absolute Gasteiger partial charge is 0.270 e. The van der Waals surface area contributed by atoms with E-state index in [0.29, 0.717) is 0 Å². The van der Waals surface area contributed by atoms with Crippen LogP contribution in [0.25, 0.3) is 23.1 Å². The molecular formula is C23H26N2O2. The molecule has 3 aromatic rings. The van der Waals surface area contributed by atoms with E-state index in [-0.39, 0.29) is 10.6 Å². The van der Waals surface area contributed by atoms with Gasteiger partial charge in [0.15, 0.2) is 0 Å². The number of non-ortho nitro benzene ring substituents is 1. The number of aromatic nitrogens is 1. The minimum atomic E-state index is -0.388. The van der Waals surface area contributed by atoms with E-state index in [1.165, 1.54) is 29.2 Å². The first-order valence-corrected chi connectivity index (χ1v) is 9.17. The van der Waals surface area contributed by atoms with Crippen molar-refractivity contribution in [2.75, 3.05) is 0 Å². The summed E-state index contributed by atoms with van der Waals surface area (Å²) in [6.07, 6.45) is 4.98. The van der Waals surface area contributed by atoms with Gasteiger partial charge < -0.3 is 0 Å². The molecule has 0 amide bonds. The van der Waals surface area contributed by atoms with Crippen LogP contribution in [0.5, 0.6) is 0 Å². The summed E-state index contributed by atoms with van der Waals surface area (Å²) in [5, 5.41) is 12.0. The third kappa shape index (κ3) is 5.00. The van der Waals surface area contributed by atoms with Crippen molar-refractivity contribution in [3.05, 3.63) is 80.5 Å². The van der Waals surface area contributed by atoms with Gasteiger partial charge in [-0.15, -0.1) is 0 Å². The van der Waals surface area contributed by atoms with Crippen molar-refractivity contribution in [2.45, 2.75) is 41.0 Å². The van der Waals surface area contributed by atoms with Gasteiger partial charge in [0.25, 0.3) is 5.69 Å². The fraction of sp³-hybridized carbons (Fsp3) is 0.261. The summed E-state index contributed by atoms with van der Waals surface area (Å²) in [6.45, 7) is 10.5. The molecule has 0 saturated heterocycles. The van der Waals surface area contributed by atoms with Crippen molar-refractivity contribution in [1.82, 2.24) is 4.98 Å². The predicted molar refractivity (Wildman–Crippen MR) is 114 cm³/mol. The Bertz CT molecular complexity index is 991. The SMILES string of the molecule is CCC.Cc1cc(C)c2ccc(/C=C/c3cccc([N+](=O)[O-])c3)nc2c1C. The average Bonchev–Trinajstić information content (AvgIpc) is 2.65. The van der Waals surface area contributed by atoms with Gasteiger partial charge in [0, 0.05) is 17.5 Å². The smallest absolute Gasteiger partial charge is 0.258 e. The van der Waals surface area contributed by atoms with E-state index in [1.54, 1.807) is 12.1 Å². The zero-order valence-electron chi connectivity index (χ0n) is 16.6. The molecular weight excluding hydrogens is 336 g/mol. The van der Waals surface area contributed by atoms with Crippen molar-refractivity contribution in [3.8, 4) is 0 Å². The summed E-state index contributed by atoms with van der Waals surface area (Å²) in [5.74, 6) is 0. The van der Waals surface area contributed by atoms with E-state index in [1.807, 2.05) is 24.3 Å². The van der Waals surface area contributed by atoms with Gasteiger partial charge >= 0.3 is 0 Å². The molecule has 2 aromatic carbocycles. The number of hydrogen-bond acceptors (Lipinski definition) is 3. The first-order valence-electron chi connectivity index (χ1n) is 9.17. The zero-order chi connectivity index (χ0) is 20.0. The molecule has 0 spiro atoms. The lowest BCUT2D eigenvalue weighted by Crippen LogP contribution is -1.92. The lowest BCUT2D eigenvalue weighted by atomic mass is 10.0. The molecule has 0 saturated carbocycles. The molecule has 0 fully saturated rings. The Balaban J connectivity index is 0.000000817. The van der Waals surface area contributed by atoms with Gasteiger partial charge in [-0.2, -0.15) is 0 Å². The Kier molecular flexibility index (Phi) is 6.83. The highest BCUT2D eigenvalue weighted by Crippen LogP contribution is 2.24. The fourth-order valence-electron chi connectivity index (χ4n) is 2.79. The summed E-state index contributed by atoms with van der Waals surface area (Å²) in [7, 11) is 0. The number of fused-ring (bicyclic) bond motifs is 1. The van der Waals surface area contributed by atoms with Crippen LogP contribution < -0.4 is 0 Å². The summed E-state index contributed by atoms with van der Waals surface area (Å²) < 4.78 is 0. The molecule has 3 rings (SSSR count). The zero-order valence-corrected chi connectivity index (χ0v) is 16.6. The Labute approximate surface area is 160 Å². The summed E-state index contributed by atoms with van der Waals surface area (Å²) in [5.41, 5.74) is 6.34. The first-order chi connectivity index (χ1) is 12.9. The molecule has 0 N–H and O–H groups in total. The molecule has 0 bridgehead atoms. The Morgan fingerprint density at radius 1 is 1.00 bits per heavy atom. The molecule has 1 aromatic heterocycles. The lowest BCUT2D eigenvalue weighted by molar-refractivity contribution is -0.384. The number of nitrogens with zero attached hydrogens (tertiary/aromatic N) is 2. The molecule has 4 heteroatoms. The molecule has 0 atom stereocenters. The van der Waals surface area contributed by atoms with Crippen LogP contribution >= 0.6 is 0 Å². The number of aryl methyl sites for hydroxylation is 3. The summed E-state index contributed by atoms with van der Waals surface area (Å²) in [4.78, 5) is 15.2. The van der Waals surface area contributed by atoms with Crippen LogP contribution in [-0.2, 0) is 0 Å². The first kappa shape index (κ1) is 20.3. The highest BCUT2D eigenvalue weighted by molar-refractivity contribution is 5.87. The van der Waals surface area contributed by atoms with Crippen molar-refractivity contribution < 1.29 is 4.92 Å². The fourth-order valence-corrected chi connectivity index (χ4v) is 2.79. The third-order valence-corrected chi connectivity index (χ3v) is 4.25. The highest BCUT2D eigenvalue weighted by Gasteiger charge is 2.06. The maximum atomic E-state index is 10.8. The minimum Gasteiger partial charge on any atom is -0.258 e. The van der Waals surface area contributed by atoms with E-state index >= 15 is 0 Å². The Hall–Kier alpha value is -3.01. The van der Waals surface area contributed by atoms with Crippen LogP contribution in [0.3, 0.4) is 0 Å². The van der Waals surface area contributed by atoms with Crippen LogP contribution in [0.15, 0.2) is 42.5 Å². The van der Waals surface area contributed by atoms with Crippen molar-refractivity contribution in [3.63, 3.8) is 0 Å². The van der Waals surface area contributed by atoms with Crippen LogP contribution in [-0.4, -0.2) is 9.91 Å². The van der Waals surface area contributed by atoms with Crippen LogP contribution in [0.2, 0.25) is 0 Å². The molecule has 0 aliphatic heterocycles. The minimum absolute atomic E-state index is 0.0886. The van der Waals surface area contributed by atoms with Gasteiger partial charge in [-0.05, 0) is 55.2 Å². The van der Waals surface area contributed by atoms with Crippen LogP contribution in [0, 0.1) is 30.9 Å². The number of pyridine rings is 1. The number of rotatable bonds is 3. The molecule has 27 heavy (non-hydrogen) atoms. The standard InChI is InChI=1S/C20H18N2O2.C3H8/c1-13-11-14(2)19-10-9-17(21-20(19)15(13)3)8-7-16-5-4-6-18(12-16)22(23)24;1-3-2/h4-12H,1-3H3;3H2,1-2H3/b8-7+;. The molecule has 0 unspecified atom stereocenters. The number of hydrogen-bond donors (Lipinski definition) is 0. The van der Waals surface area contributed by atoms with Gasteiger partial charge in [0.05, 0.1) is 16.1 Å². The van der Waals surface area contributed by atoms with Crippen molar-refractivity contribution >= 4 is 28.7 Å². The second-order valence-electron chi connectivity index (χ2n) is 6.66. The van der Waals surface area contributed by atoms with Gasteiger partial charge in [-0.25, -0.2) is 4.98 Å². The van der Waals surface area contributed by atoms with Crippen molar-refractivity contribution in [1.29, 1.82) is 0 Å². The molecule has 140 valence electrons. The van der Waals surface area contributed by atoms with Gasteiger partial charge in [0.1, 0.15) is 0 Å². The van der Waals surface area contributed by atoms with Crippen LogP contribution in [0.4, 0.5) is 5.69 Å². The number of nitro benzene ring substituents is 1. The topological polar surface area (TPSA) is 56.0 Å². The summed E-state index contributed by atoms with van der Waals surface area (Å²) >= 11 is 0. The van der Waals surface area contributed by atoms with Gasteiger partial charge in [0.2, 0.25) is 0 Å². The predicted octanol–water partition coefficient (Wildman–Crippen LogP) is 6.65. The molecule has 1 heterocycles. The molecule has 0 radical (unpaired) electrons. The van der Waals surface area contributed by atoms with E-state index in [4.69, 9.17) is 4.98 Å². The Morgan fingerprint density at radius 3 is 2.37 bits per heavy atom.